The van der Waals surface area contributed by atoms with Crippen molar-refractivity contribution in [2.75, 3.05) is 7.11 Å². The van der Waals surface area contributed by atoms with Gasteiger partial charge in [-0.25, -0.2) is 19.7 Å². The Hall–Kier alpha value is -5.43. The molecule has 0 saturated carbocycles. The lowest BCUT2D eigenvalue weighted by Gasteiger charge is -2.15. The van der Waals surface area contributed by atoms with Crippen LogP contribution in [0.4, 0.5) is 0 Å². The molecule has 0 amide bonds. The molecule has 4 aromatic carbocycles. The van der Waals surface area contributed by atoms with Crippen LogP contribution in [0.3, 0.4) is 0 Å². The van der Waals surface area contributed by atoms with Gasteiger partial charge >= 0.3 is 11.9 Å². The molecule has 40 heavy (non-hydrogen) atoms. The van der Waals surface area contributed by atoms with E-state index >= 15 is 0 Å². The van der Waals surface area contributed by atoms with Gasteiger partial charge in [0.2, 0.25) is 0 Å². The number of benzene rings is 4. The van der Waals surface area contributed by atoms with Crippen LogP contribution in [-0.4, -0.2) is 39.1 Å². The normalized spacial score (nSPS) is 11.4. The third-order valence-corrected chi connectivity index (χ3v) is 6.26. The highest BCUT2D eigenvalue weighted by molar-refractivity contribution is 6.04. The first kappa shape index (κ1) is 26.2. The van der Waals surface area contributed by atoms with Crippen LogP contribution < -0.4 is 0 Å². The molecule has 0 atom stereocenters. The van der Waals surface area contributed by atoms with E-state index in [-0.39, 0.29) is 5.57 Å². The van der Waals surface area contributed by atoms with Gasteiger partial charge in [0.25, 0.3) is 0 Å². The molecule has 5 aromatic rings. The van der Waals surface area contributed by atoms with Crippen LogP contribution in [0.15, 0.2) is 121 Å². The molecule has 0 unspecified atom stereocenters. The lowest BCUT2D eigenvalue weighted by molar-refractivity contribution is -0.141. The summed E-state index contributed by atoms with van der Waals surface area (Å²) in [5, 5.41) is 9.54. The lowest BCUT2D eigenvalue weighted by Crippen LogP contribution is -2.12. The zero-order chi connectivity index (χ0) is 27.9. The number of nitrogens with zero attached hydrogens (tertiary/aromatic N) is 3. The van der Waals surface area contributed by atoms with Crippen LogP contribution in [0.25, 0.3) is 39.7 Å². The smallest absolute Gasteiger partial charge is 0.334 e. The average Bonchev–Trinajstić information content (AvgIpc) is 3.01. The topological polar surface area (TPSA) is 102 Å². The van der Waals surface area contributed by atoms with Gasteiger partial charge in [-0.05, 0) is 16.7 Å². The number of methoxy groups -OCH3 is 1. The van der Waals surface area contributed by atoms with Crippen LogP contribution in [0.5, 0.6) is 0 Å². The largest absolute Gasteiger partial charge is 0.481 e. The Morgan fingerprint density at radius 3 is 1.43 bits per heavy atom. The standard InChI is InChI=1S/C33H25N3O4/c1-40-33(39)27(21-28(37)38)29(22-11-5-2-6-12-22)23-17-19-26(20-18-23)32-35-30(24-13-7-3-8-14-24)34-31(36-32)25-15-9-4-10-16-25/h2-20H,21H2,1H3,(H,37,38)/b29-27-. The van der Waals surface area contributed by atoms with E-state index in [1.807, 2.05) is 115 Å². The molecule has 1 heterocycles. The van der Waals surface area contributed by atoms with Crippen molar-refractivity contribution < 1.29 is 19.4 Å². The molecule has 0 aliphatic rings. The summed E-state index contributed by atoms with van der Waals surface area (Å²) in [6, 6.07) is 36.0. The number of esters is 1. The molecule has 7 heteroatoms. The molecule has 0 fully saturated rings. The van der Waals surface area contributed by atoms with E-state index in [9.17, 15) is 14.7 Å². The number of carboxylic acid groups (broad SMARTS) is 1. The zero-order valence-corrected chi connectivity index (χ0v) is 21.7. The van der Waals surface area contributed by atoms with Gasteiger partial charge < -0.3 is 9.84 Å². The molecule has 1 N–H and O–H groups in total. The minimum Gasteiger partial charge on any atom is -0.481 e. The second kappa shape index (κ2) is 12.0. The summed E-state index contributed by atoms with van der Waals surface area (Å²) in [5.41, 5.74) is 4.40. The maximum absolute atomic E-state index is 12.7. The summed E-state index contributed by atoms with van der Waals surface area (Å²) in [5.74, 6) is -0.232. The lowest BCUT2D eigenvalue weighted by atomic mass is 9.91. The number of rotatable bonds is 8. The van der Waals surface area contributed by atoms with Crippen molar-refractivity contribution in [1.29, 1.82) is 0 Å². The fourth-order valence-corrected chi connectivity index (χ4v) is 4.38. The number of hydrogen-bond donors (Lipinski definition) is 1. The van der Waals surface area contributed by atoms with Crippen molar-refractivity contribution in [3.05, 3.63) is 132 Å². The fourth-order valence-electron chi connectivity index (χ4n) is 4.38. The van der Waals surface area contributed by atoms with Crippen LogP contribution in [-0.2, 0) is 14.3 Å². The average molecular weight is 528 g/mol. The highest BCUT2D eigenvalue weighted by atomic mass is 16.5. The van der Waals surface area contributed by atoms with Crippen molar-refractivity contribution in [3.8, 4) is 34.2 Å². The van der Waals surface area contributed by atoms with E-state index in [1.165, 1.54) is 7.11 Å². The second-order valence-electron chi connectivity index (χ2n) is 8.90. The third-order valence-electron chi connectivity index (χ3n) is 6.26. The Balaban J connectivity index is 1.64. The minimum absolute atomic E-state index is 0.0619. The molecule has 0 radical (unpaired) electrons. The minimum atomic E-state index is -1.13. The summed E-state index contributed by atoms with van der Waals surface area (Å²) in [4.78, 5) is 38.6. The van der Waals surface area contributed by atoms with Crippen molar-refractivity contribution in [1.82, 2.24) is 15.0 Å². The molecule has 0 aliphatic heterocycles. The Morgan fingerprint density at radius 2 is 1.00 bits per heavy atom. The maximum atomic E-state index is 12.7. The van der Waals surface area contributed by atoms with E-state index in [1.54, 1.807) is 0 Å². The summed E-state index contributed by atoms with van der Waals surface area (Å²) in [6.45, 7) is 0. The van der Waals surface area contributed by atoms with Gasteiger partial charge in [0, 0.05) is 16.7 Å². The van der Waals surface area contributed by atoms with Crippen molar-refractivity contribution in [2.24, 2.45) is 0 Å². The molecule has 5 rings (SSSR count). The first-order chi connectivity index (χ1) is 19.5. The SMILES string of the molecule is COC(=O)/C(CC(=O)O)=C(/c1ccccc1)c1ccc(-c2nc(-c3ccccc3)nc(-c3ccccc3)n2)cc1. The quantitative estimate of drug-likeness (QED) is 0.186. The van der Waals surface area contributed by atoms with Crippen molar-refractivity contribution >= 4 is 17.5 Å². The predicted octanol–water partition coefficient (Wildman–Crippen LogP) is 6.32. The fraction of sp³-hybridized carbons (Fsp3) is 0.0606. The number of carbonyl (C=O) groups excluding carboxylic acids is 1. The zero-order valence-electron chi connectivity index (χ0n) is 21.7. The number of aliphatic carboxylic acids is 1. The number of carbonyl (C=O) groups is 2. The van der Waals surface area contributed by atoms with E-state index < -0.39 is 18.4 Å². The molecular weight excluding hydrogens is 502 g/mol. The summed E-state index contributed by atoms with van der Waals surface area (Å²) in [7, 11) is 1.24. The van der Waals surface area contributed by atoms with Crippen LogP contribution in [0.1, 0.15) is 17.5 Å². The van der Waals surface area contributed by atoms with Gasteiger partial charge in [0.05, 0.1) is 19.1 Å². The molecule has 1 aromatic heterocycles. The molecule has 196 valence electrons. The van der Waals surface area contributed by atoms with E-state index in [4.69, 9.17) is 19.7 Å². The molecule has 0 bridgehead atoms. The Morgan fingerprint density at radius 1 is 0.600 bits per heavy atom. The van der Waals surface area contributed by atoms with Crippen LogP contribution >= 0.6 is 0 Å². The van der Waals surface area contributed by atoms with E-state index in [0.717, 1.165) is 16.7 Å². The number of ether oxygens (including phenoxy) is 1. The van der Waals surface area contributed by atoms with Gasteiger partial charge in [-0.15, -0.1) is 0 Å². The van der Waals surface area contributed by atoms with E-state index in [2.05, 4.69) is 0 Å². The Labute approximate surface area is 231 Å². The summed E-state index contributed by atoms with van der Waals surface area (Å²) in [6.07, 6.45) is -0.479. The predicted molar refractivity (Wildman–Crippen MR) is 153 cm³/mol. The Bertz CT molecular complexity index is 1610. The molecule has 0 aliphatic carbocycles. The van der Waals surface area contributed by atoms with Gasteiger partial charge in [-0.2, -0.15) is 0 Å². The second-order valence-corrected chi connectivity index (χ2v) is 8.90. The Kier molecular flexibility index (Phi) is 7.83. The molecule has 0 spiro atoms. The molecule has 7 nitrogen and oxygen atoms in total. The van der Waals surface area contributed by atoms with E-state index in [0.29, 0.717) is 34.2 Å². The molecular formula is C33H25N3O4. The van der Waals surface area contributed by atoms with Gasteiger partial charge in [0.1, 0.15) is 0 Å². The summed E-state index contributed by atoms with van der Waals surface area (Å²) < 4.78 is 4.95. The van der Waals surface area contributed by atoms with Gasteiger partial charge in [-0.3, -0.25) is 4.79 Å². The first-order valence-corrected chi connectivity index (χ1v) is 12.6. The van der Waals surface area contributed by atoms with Gasteiger partial charge in [0.15, 0.2) is 17.5 Å². The van der Waals surface area contributed by atoms with Crippen molar-refractivity contribution in [2.45, 2.75) is 6.42 Å². The number of carboxylic acids is 1. The maximum Gasteiger partial charge on any atom is 0.334 e. The highest BCUT2D eigenvalue weighted by Gasteiger charge is 2.22. The number of hydrogen-bond acceptors (Lipinski definition) is 6. The van der Waals surface area contributed by atoms with Gasteiger partial charge in [-0.1, -0.05) is 115 Å². The summed E-state index contributed by atoms with van der Waals surface area (Å²) >= 11 is 0. The monoisotopic (exact) mass is 527 g/mol. The first-order valence-electron chi connectivity index (χ1n) is 12.6. The van der Waals surface area contributed by atoms with Crippen LogP contribution in [0, 0.1) is 0 Å². The third kappa shape index (κ3) is 5.84. The van der Waals surface area contributed by atoms with Crippen molar-refractivity contribution in [3.63, 3.8) is 0 Å². The highest BCUT2D eigenvalue weighted by Crippen LogP contribution is 2.31. The number of aromatic nitrogens is 3. The van der Waals surface area contributed by atoms with Crippen LogP contribution in [0.2, 0.25) is 0 Å². The molecule has 0 saturated heterocycles.